The number of benzene rings is 4. The van der Waals surface area contributed by atoms with E-state index >= 15 is 0 Å². The third-order valence-electron chi connectivity index (χ3n) is 5.68. The maximum Gasteiger partial charge on any atom is 0.194 e. The molecule has 0 fully saturated rings. The summed E-state index contributed by atoms with van der Waals surface area (Å²) < 4.78 is 32.5. The molecule has 0 spiro atoms. The van der Waals surface area contributed by atoms with E-state index in [1.54, 1.807) is 31.4 Å². The lowest BCUT2D eigenvalue weighted by Crippen LogP contribution is -1.98. The molecule has 0 saturated carbocycles. The van der Waals surface area contributed by atoms with E-state index in [1.807, 2.05) is 42.5 Å². The predicted molar refractivity (Wildman–Crippen MR) is 121 cm³/mol. The number of methoxy groups -OCH3 is 1. The second-order valence-electron chi connectivity index (χ2n) is 7.59. The van der Waals surface area contributed by atoms with Crippen molar-refractivity contribution in [3.8, 4) is 16.9 Å². The van der Waals surface area contributed by atoms with Crippen LogP contribution in [0, 0.1) is 11.6 Å². The van der Waals surface area contributed by atoms with Gasteiger partial charge in [-0.1, -0.05) is 42.5 Å². The smallest absolute Gasteiger partial charge is 0.194 e. The lowest BCUT2D eigenvalue weighted by atomic mass is 9.93. The standard InChI is InChI=1S/C28H18F2O2/c1-32-23-4-2-3-19(15-23)20-9-14-24-25(16-20)26(17-5-10-21(29)11-6-17)27(28(24)31)18-7-12-22(30)13-8-18/h2-16H,1H3. The molecule has 0 saturated heterocycles. The molecule has 0 bridgehead atoms. The Labute approximate surface area is 184 Å². The minimum atomic E-state index is -0.374. The number of halogens is 2. The zero-order chi connectivity index (χ0) is 22.2. The fraction of sp³-hybridized carbons (Fsp3) is 0.0357. The van der Waals surface area contributed by atoms with Gasteiger partial charge in [0.1, 0.15) is 17.4 Å². The minimum Gasteiger partial charge on any atom is -0.497 e. The van der Waals surface area contributed by atoms with Crippen LogP contribution in [-0.2, 0) is 0 Å². The zero-order valence-corrected chi connectivity index (χ0v) is 17.2. The Morgan fingerprint density at radius 2 is 1.16 bits per heavy atom. The molecule has 4 heteroatoms. The number of allylic oxidation sites excluding steroid dienone is 1. The predicted octanol–water partition coefficient (Wildman–Crippen LogP) is 6.80. The molecule has 0 unspecified atom stereocenters. The van der Waals surface area contributed by atoms with Crippen LogP contribution in [0.3, 0.4) is 0 Å². The van der Waals surface area contributed by atoms with Gasteiger partial charge < -0.3 is 4.74 Å². The molecular formula is C28H18F2O2. The SMILES string of the molecule is COc1cccc(-c2ccc3c(c2)C(c2ccc(F)cc2)=C(c2ccc(F)cc2)C3=O)c1. The summed E-state index contributed by atoms with van der Waals surface area (Å²) in [7, 11) is 1.62. The Morgan fingerprint density at radius 3 is 1.78 bits per heavy atom. The number of hydrogen-bond acceptors (Lipinski definition) is 2. The van der Waals surface area contributed by atoms with E-state index in [9.17, 15) is 13.6 Å². The van der Waals surface area contributed by atoms with Gasteiger partial charge in [-0.3, -0.25) is 4.79 Å². The number of Topliss-reactive ketones (excluding diaryl/α,β-unsaturated/α-hetero) is 1. The molecule has 2 nitrogen and oxygen atoms in total. The van der Waals surface area contributed by atoms with Crippen LogP contribution >= 0.6 is 0 Å². The average Bonchev–Trinajstić information content (AvgIpc) is 3.12. The molecule has 156 valence electrons. The fourth-order valence-electron chi connectivity index (χ4n) is 4.12. The maximum absolute atomic E-state index is 13.6. The summed E-state index contributed by atoms with van der Waals surface area (Å²) in [6, 6.07) is 25.3. The van der Waals surface area contributed by atoms with Crippen LogP contribution in [0.4, 0.5) is 8.78 Å². The van der Waals surface area contributed by atoms with Gasteiger partial charge in [-0.2, -0.15) is 0 Å². The van der Waals surface area contributed by atoms with Crippen molar-refractivity contribution < 1.29 is 18.3 Å². The van der Waals surface area contributed by atoms with Crippen molar-refractivity contribution in [2.24, 2.45) is 0 Å². The summed E-state index contributed by atoms with van der Waals surface area (Å²) in [5.74, 6) is -0.128. The molecule has 4 aromatic carbocycles. The van der Waals surface area contributed by atoms with Crippen LogP contribution in [0.25, 0.3) is 22.3 Å². The van der Waals surface area contributed by atoms with E-state index in [0.29, 0.717) is 22.3 Å². The van der Waals surface area contributed by atoms with Gasteiger partial charge in [-0.25, -0.2) is 8.78 Å². The van der Waals surface area contributed by atoms with E-state index in [1.165, 1.54) is 24.3 Å². The highest BCUT2D eigenvalue weighted by Crippen LogP contribution is 2.43. The number of carbonyl (C=O) groups is 1. The summed E-state index contributed by atoms with van der Waals surface area (Å²) in [4.78, 5) is 13.4. The molecule has 4 aromatic rings. The first-order chi connectivity index (χ1) is 15.5. The lowest BCUT2D eigenvalue weighted by Gasteiger charge is -2.11. The van der Waals surface area contributed by atoms with Crippen LogP contribution in [0.2, 0.25) is 0 Å². The number of carbonyl (C=O) groups excluding carboxylic acids is 1. The van der Waals surface area contributed by atoms with Crippen molar-refractivity contribution in [3.05, 3.63) is 125 Å². The van der Waals surface area contributed by atoms with Gasteiger partial charge in [0.05, 0.1) is 7.11 Å². The Bertz CT molecular complexity index is 1370. The number of ketones is 1. The summed E-state index contributed by atoms with van der Waals surface area (Å²) in [6.45, 7) is 0. The quantitative estimate of drug-likeness (QED) is 0.360. The molecule has 1 aliphatic rings. The van der Waals surface area contributed by atoms with Crippen LogP contribution in [-0.4, -0.2) is 12.9 Å². The number of fused-ring (bicyclic) bond motifs is 1. The average molecular weight is 424 g/mol. The molecule has 0 heterocycles. The molecule has 32 heavy (non-hydrogen) atoms. The van der Waals surface area contributed by atoms with Crippen molar-refractivity contribution in [1.29, 1.82) is 0 Å². The normalized spacial score (nSPS) is 12.8. The van der Waals surface area contributed by atoms with Crippen molar-refractivity contribution >= 4 is 16.9 Å². The fourth-order valence-corrected chi connectivity index (χ4v) is 4.12. The molecule has 0 aromatic heterocycles. The van der Waals surface area contributed by atoms with E-state index in [0.717, 1.165) is 28.0 Å². The van der Waals surface area contributed by atoms with Gasteiger partial charge in [0, 0.05) is 16.7 Å². The van der Waals surface area contributed by atoms with Gasteiger partial charge in [-0.15, -0.1) is 0 Å². The molecule has 5 rings (SSSR count). The molecular weight excluding hydrogens is 406 g/mol. The van der Waals surface area contributed by atoms with Gasteiger partial charge in [0.25, 0.3) is 0 Å². The highest BCUT2D eigenvalue weighted by atomic mass is 19.1. The lowest BCUT2D eigenvalue weighted by molar-refractivity contribution is 0.105. The molecule has 0 radical (unpaired) electrons. The second-order valence-corrected chi connectivity index (χ2v) is 7.59. The van der Waals surface area contributed by atoms with E-state index in [4.69, 9.17) is 4.74 Å². The first-order valence-electron chi connectivity index (χ1n) is 10.1. The van der Waals surface area contributed by atoms with Crippen molar-refractivity contribution in [2.75, 3.05) is 7.11 Å². The van der Waals surface area contributed by atoms with Crippen LogP contribution < -0.4 is 4.74 Å². The molecule has 0 N–H and O–H groups in total. The van der Waals surface area contributed by atoms with E-state index in [-0.39, 0.29) is 17.4 Å². The summed E-state index contributed by atoms with van der Waals surface area (Å²) >= 11 is 0. The third kappa shape index (κ3) is 3.40. The van der Waals surface area contributed by atoms with E-state index in [2.05, 4.69) is 0 Å². The molecule has 0 amide bonds. The van der Waals surface area contributed by atoms with Crippen molar-refractivity contribution in [2.45, 2.75) is 0 Å². The van der Waals surface area contributed by atoms with Crippen LogP contribution in [0.1, 0.15) is 27.0 Å². The largest absolute Gasteiger partial charge is 0.497 e. The monoisotopic (exact) mass is 424 g/mol. The van der Waals surface area contributed by atoms with Gasteiger partial charge in [-0.05, 0) is 76.3 Å². The summed E-state index contributed by atoms with van der Waals surface area (Å²) in [5.41, 5.74) is 5.74. The van der Waals surface area contributed by atoms with Crippen LogP contribution in [0.15, 0.2) is 91.0 Å². The highest BCUT2D eigenvalue weighted by Gasteiger charge is 2.31. The Balaban J connectivity index is 1.74. The first-order valence-corrected chi connectivity index (χ1v) is 10.1. The Hall–Kier alpha value is -4.05. The first kappa shape index (κ1) is 19.9. The van der Waals surface area contributed by atoms with Gasteiger partial charge in [0.15, 0.2) is 5.78 Å². The third-order valence-corrected chi connectivity index (χ3v) is 5.68. The van der Waals surface area contributed by atoms with E-state index < -0.39 is 0 Å². The minimum absolute atomic E-state index is 0.136. The highest BCUT2D eigenvalue weighted by molar-refractivity contribution is 6.41. The Kier molecular flexibility index (Phi) is 4.91. The number of ether oxygens (including phenoxy) is 1. The topological polar surface area (TPSA) is 26.3 Å². The maximum atomic E-state index is 13.6. The molecule has 0 atom stereocenters. The van der Waals surface area contributed by atoms with Crippen molar-refractivity contribution in [3.63, 3.8) is 0 Å². The van der Waals surface area contributed by atoms with Crippen molar-refractivity contribution in [1.82, 2.24) is 0 Å². The van der Waals surface area contributed by atoms with Gasteiger partial charge in [0.2, 0.25) is 0 Å². The Morgan fingerprint density at radius 1 is 0.594 bits per heavy atom. The summed E-state index contributed by atoms with van der Waals surface area (Å²) in [5, 5.41) is 0. The van der Waals surface area contributed by atoms with Crippen LogP contribution in [0.5, 0.6) is 5.75 Å². The summed E-state index contributed by atoms with van der Waals surface area (Å²) in [6.07, 6.45) is 0. The molecule has 1 aliphatic carbocycles. The number of hydrogen-bond donors (Lipinski definition) is 0. The second kappa shape index (κ2) is 7.89. The molecule has 0 aliphatic heterocycles. The number of rotatable bonds is 4. The zero-order valence-electron chi connectivity index (χ0n) is 17.2. The van der Waals surface area contributed by atoms with Gasteiger partial charge >= 0.3 is 0 Å².